The first-order chi connectivity index (χ1) is 13.1. The van der Waals surface area contributed by atoms with E-state index in [4.69, 9.17) is 0 Å². The van der Waals surface area contributed by atoms with Gasteiger partial charge in [0.1, 0.15) is 0 Å². The number of carbonyl (C=O) groups excluding carboxylic acids is 1. The second-order valence-electron chi connectivity index (χ2n) is 6.98. The average molecular weight is 367 g/mol. The molecule has 0 bridgehead atoms. The summed E-state index contributed by atoms with van der Waals surface area (Å²) < 4.78 is 0. The van der Waals surface area contributed by atoms with Crippen LogP contribution in [0, 0.1) is 10.1 Å². The van der Waals surface area contributed by atoms with E-state index in [0.29, 0.717) is 6.54 Å². The number of rotatable bonds is 7. The Balaban J connectivity index is 1.54. The van der Waals surface area contributed by atoms with Gasteiger partial charge in [-0.25, -0.2) is 0 Å². The van der Waals surface area contributed by atoms with E-state index in [1.54, 1.807) is 12.1 Å². The van der Waals surface area contributed by atoms with Crippen LogP contribution >= 0.6 is 0 Å². The van der Waals surface area contributed by atoms with Crippen LogP contribution in [0.25, 0.3) is 0 Å². The highest BCUT2D eigenvalue weighted by atomic mass is 16.6. The van der Waals surface area contributed by atoms with Gasteiger partial charge in [-0.15, -0.1) is 0 Å². The Kier molecular flexibility index (Phi) is 6.54. The highest BCUT2D eigenvalue weighted by Crippen LogP contribution is 2.16. The standard InChI is InChI=1S/C21H25N3O3/c25-21(14-17-8-10-20(11-9-17)24(26)27)22-15-18-6-2-3-7-19(18)16-23-12-4-1-5-13-23/h2-3,6-11H,1,4-5,12-16H2,(H,22,25). The van der Waals surface area contributed by atoms with Crippen molar-refractivity contribution >= 4 is 11.6 Å². The van der Waals surface area contributed by atoms with Crippen molar-refractivity contribution in [2.45, 2.75) is 38.8 Å². The van der Waals surface area contributed by atoms with Crippen molar-refractivity contribution in [1.29, 1.82) is 0 Å². The van der Waals surface area contributed by atoms with Crippen LogP contribution in [-0.2, 0) is 24.3 Å². The van der Waals surface area contributed by atoms with Gasteiger partial charge >= 0.3 is 0 Å². The second kappa shape index (κ2) is 9.28. The number of non-ortho nitro benzene ring substituents is 1. The summed E-state index contributed by atoms with van der Waals surface area (Å²) in [5.74, 6) is -0.0865. The number of nitro benzene ring substituents is 1. The largest absolute Gasteiger partial charge is 0.352 e. The molecular formula is C21H25N3O3. The normalized spacial score (nSPS) is 14.7. The first-order valence-corrected chi connectivity index (χ1v) is 9.41. The number of hydrogen-bond acceptors (Lipinski definition) is 4. The van der Waals surface area contributed by atoms with Crippen molar-refractivity contribution in [3.05, 3.63) is 75.3 Å². The molecule has 1 aliphatic rings. The molecule has 1 saturated heterocycles. The van der Waals surface area contributed by atoms with Gasteiger partial charge in [0.05, 0.1) is 11.3 Å². The third-order valence-corrected chi connectivity index (χ3v) is 4.95. The lowest BCUT2D eigenvalue weighted by molar-refractivity contribution is -0.384. The maximum absolute atomic E-state index is 12.3. The lowest BCUT2D eigenvalue weighted by Crippen LogP contribution is -2.30. The number of nitrogens with one attached hydrogen (secondary N) is 1. The van der Waals surface area contributed by atoms with Crippen LogP contribution in [0.3, 0.4) is 0 Å². The third-order valence-electron chi connectivity index (χ3n) is 4.95. The smallest absolute Gasteiger partial charge is 0.269 e. The van der Waals surface area contributed by atoms with Crippen LogP contribution in [0.5, 0.6) is 0 Å². The van der Waals surface area contributed by atoms with E-state index >= 15 is 0 Å². The molecule has 1 heterocycles. The summed E-state index contributed by atoms with van der Waals surface area (Å²) >= 11 is 0. The zero-order valence-electron chi connectivity index (χ0n) is 15.4. The van der Waals surface area contributed by atoms with E-state index < -0.39 is 4.92 Å². The summed E-state index contributed by atoms with van der Waals surface area (Å²) in [6.07, 6.45) is 4.05. The monoisotopic (exact) mass is 367 g/mol. The zero-order valence-corrected chi connectivity index (χ0v) is 15.4. The van der Waals surface area contributed by atoms with E-state index in [2.05, 4.69) is 22.3 Å². The fourth-order valence-electron chi connectivity index (χ4n) is 3.42. The van der Waals surface area contributed by atoms with E-state index in [1.165, 1.54) is 37.0 Å². The molecule has 0 spiro atoms. The van der Waals surface area contributed by atoms with Crippen LogP contribution < -0.4 is 5.32 Å². The molecule has 6 heteroatoms. The lowest BCUT2D eigenvalue weighted by atomic mass is 10.0. The number of nitro groups is 1. The summed E-state index contributed by atoms with van der Waals surface area (Å²) in [5, 5.41) is 13.7. The maximum Gasteiger partial charge on any atom is 0.269 e. The molecule has 1 fully saturated rings. The molecule has 0 radical (unpaired) electrons. The Hall–Kier alpha value is -2.73. The molecule has 0 saturated carbocycles. The van der Waals surface area contributed by atoms with Gasteiger partial charge in [-0.3, -0.25) is 19.8 Å². The Morgan fingerprint density at radius 2 is 1.67 bits per heavy atom. The quantitative estimate of drug-likeness (QED) is 0.601. The molecular weight excluding hydrogens is 342 g/mol. The predicted molar refractivity (Wildman–Crippen MR) is 104 cm³/mol. The summed E-state index contributed by atoms with van der Waals surface area (Å²) in [7, 11) is 0. The Morgan fingerprint density at radius 1 is 1.00 bits per heavy atom. The summed E-state index contributed by atoms with van der Waals surface area (Å²) in [5.41, 5.74) is 3.20. The van der Waals surface area contributed by atoms with E-state index in [0.717, 1.165) is 30.8 Å². The van der Waals surface area contributed by atoms with Crippen molar-refractivity contribution in [1.82, 2.24) is 10.2 Å². The van der Waals surface area contributed by atoms with Crippen molar-refractivity contribution in [2.75, 3.05) is 13.1 Å². The molecule has 0 unspecified atom stereocenters. The van der Waals surface area contributed by atoms with Crippen LogP contribution in [-0.4, -0.2) is 28.8 Å². The fraction of sp³-hybridized carbons (Fsp3) is 0.381. The molecule has 0 aromatic heterocycles. The van der Waals surface area contributed by atoms with Crippen LogP contribution in [0.15, 0.2) is 48.5 Å². The number of likely N-dealkylation sites (tertiary alicyclic amines) is 1. The minimum absolute atomic E-state index is 0.0331. The van der Waals surface area contributed by atoms with Crippen molar-refractivity contribution < 1.29 is 9.72 Å². The van der Waals surface area contributed by atoms with Crippen molar-refractivity contribution in [3.8, 4) is 0 Å². The molecule has 1 N–H and O–H groups in total. The van der Waals surface area contributed by atoms with Crippen LogP contribution in [0.2, 0.25) is 0 Å². The van der Waals surface area contributed by atoms with Crippen LogP contribution in [0.1, 0.15) is 36.0 Å². The highest BCUT2D eigenvalue weighted by molar-refractivity contribution is 5.78. The van der Waals surface area contributed by atoms with Gasteiger partial charge in [0, 0.05) is 25.2 Å². The van der Waals surface area contributed by atoms with Crippen LogP contribution in [0.4, 0.5) is 5.69 Å². The first-order valence-electron chi connectivity index (χ1n) is 9.41. The van der Waals surface area contributed by atoms with Gasteiger partial charge in [-0.05, 0) is 42.6 Å². The molecule has 6 nitrogen and oxygen atoms in total. The Morgan fingerprint density at radius 3 is 2.33 bits per heavy atom. The molecule has 1 aliphatic heterocycles. The number of nitrogens with zero attached hydrogens (tertiary/aromatic N) is 2. The zero-order chi connectivity index (χ0) is 19.1. The molecule has 0 aliphatic carbocycles. The number of benzene rings is 2. The predicted octanol–water partition coefficient (Wildman–Crippen LogP) is 3.44. The maximum atomic E-state index is 12.3. The van der Waals surface area contributed by atoms with Gasteiger partial charge in [0.25, 0.3) is 5.69 Å². The molecule has 2 aromatic carbocycles. The van der Waals surface area contributed by atoms with Gasteiger partial charge in [0.15, 0.2) is 0 Å². The molecule has 3 rings (SSSR count). The second-order valence-corrected chi connectivity index (χ2v) is 6.98. The molecule has 2 aromatic rings. The molecule has 1 amide bonds. The Labute approximate surface area is 159 Å². The van der Waals surface area contributed by atoms with E-state index in [9.17, 15) is 14.9 Å². The molecule has 142 valence electrons. The van der Waals surface area contributed by atoms with Gasteiger partial charge < -0.3 is 5.32 Å². The summed E-state index contributed by atoms with van der Waals surface area (Å²) in [6, 6.07) is 14.3. The first kappa shape index (κ1) is 19.0. The van der Waals surface area contributed by atoms with E-state index in [-0.39, 0.29) is 18.0 Å². The highest BCUT2D eigenvalue weighted by Gasteiger charge is 2.13. The Bertz CT molecular complexity index is 784. The topological polar surface area (TPSA) is 75.5 Å². The van der Waals surface area contributed by atoms with Crippen molar-refractivity contribution in [2.24, 2.45) is 0 Å². The number of amides is 1. The fourth-order valence-corrected chi connectivity index (χ4v) is 3.42. The summed E-state index contributed by atoms with van der Waals surface area (Å²) in [6.45, 7) is 3.70. The average Bonchev–Trinajstić information content (AvgIpc) is 2.68. The number of hydrogen-bond donors (Lipinski definition) is 1. The van der Waals surface area contributed by atoms with Gasteiger partial charge in [-0.2, -0.15) is 0 Å². The van der Waals surface area contributed by atoms with Gasteiger partial charge in [-0.1, -0.05) is 42.8 Å². The number of carbonyl (C=O) groups is 1. The minimum Gasteiger partial charge on any atom is -0.352 e. The SMILES string of the molecule is O=C(Cc1ccc([N+](=O)[O-])cc1)NCc1ccccc1CN1CCCCC1. The lowest BCUT2D eigenvalue weighted by Gasteiger charge is -2.27. The summed E-state index contributed by atoms with van der Waals surface area (Å²) in [4.78, 5) is 25.0. The molecule has 0 atom stereocenters. The van der Waals surface area contributed by atoms with Gasteiger partial charge in [0.2, 0.25) is 5.91 Å². The van der Waals surface area contributed by atoms with E-state index in [1.807, 2.05) is 12.1 Å². The number of piperidine rings is 1. The minimum atomic E-state index is -0.441. The van der Waals surface area contributed by atoms with Crippen molar-refractivity contribution in [3.63, 3.8) is 0 Å². The third kappa shape index (κ3) is 5.62. The molecule has 27 heavy (non-hydrogen) atoms.